The summed E-state index contributed by atoms with van der Waals surface area (Å²) in [4.78, 5) is -0.00677. The van der Waals surface area contributed by atoms with Crippen LogP contribution in [0.1, 0.15) is 0 Å². The van der Waals surface area contributed by atoms with Crippen molar-refractivity contribution in [1.82, 2.24) is 4.72 Å². The first kappa shape index (κ1) is 15.6. The molecule has 0 heterocycles. The Morgan fingerprint density at radius 1 is 1.14 bits per heavy atom. The molecule has 0 amide bonds. The third-order valence-electron chi connectivity index (χ3n) is 2.78. The number of rotatable bonds is 4. The Hall–Kier alpha value is -1.83. The minimum absolute atomic E-state index is 0.00677. The van der Waals surface area contributed by atoms with Gasteiger partial charge in [0.2, 0.25) is 10.0 Å². The maximum absolute atomic E-state index is 13.1. The zero-order valence-electron chi connectivity index (χ0n) is 11.0. The molecule has 4 N–H and O–H groups in total. The molecule has 0 saturated carbocycles. The number of halogens is 2. The molecular formula is C13H13ClFN3O2S. The highest BCUT2D eigenvalue weighted by atomic mass is 35.5. The number of benzene rings is 2. The third-order valence-corrected chi connectivity index (χ3v) is 4.55. The van der Waals surface area contributed by atoms with Crippen LogP contribution < -0.4 is 15.8 Å². The molecule has 0 saturated heterocycles. The van der Waals surface area contributed by atoms with Crippen LogP contribution in [0.4, 0.5) is 21.5 Å². The summed E-state index contributed by atoms with van der Waals surface area (Å²) in [6.45, 7) is 0. The van der Waals surface area contributed by atoms with Gasteiger partial charge in [-0.05, 0) is 43.4 Å². The van der Waals surface area contributed by atoms with Crippen molar-refractivity contribution in [2.24, 2.45) is 0 Å². The molecule has 0 aromatic heterocycles. The van der Waals surface area contributed by atoms with Gasteiger partial charge in [-0.3, -0.25) is 0 Å². The fourth-order valence-electron chi connectivity index (χ4n) is 1.72. The van der Waals surface area contributed by atoms with E-state index < -0.39 is 15.8 Å². The molecule has 21 heavy (non-hydrogen) atoms. The Morgan fingerprint density at radius 3 is 2.33 bits per heavy atom. The minimum Gasteiger partial charge on any atom is -0.398 e. The SMILES string of the molecule is CNS(=O)(=O)c1ccc(Nc2ccc(F)c(Cl)c2)cc1N. The van der Waals surface area contributed by atoms with Gasteiger partial charge in [0.15, 0.2) is 0 Å². The van der Waals surface area contributed by atoms with Gasteiger partial charge < -0.3 is 11.1 Å². The number of nitrogens with two attached hydrogens (primary N) is 1. The second-order valence-electron chi connectivity index (χ2n) is 4.21. The smallest absolute Gasteiger partial charge is 0.242 e. The molecule has 0 unspecified atom stereocenters. The van der Waals surface area contributed by atoms with Crippen LogP contribution in [0.3, 0.4) is 0 Å². The highest BCUT2D eigenvalue weighted by Crippen LogP contribution is 2.26. The fourth-order valence-corrected chi connectivity index (χ4v) is 2.74. The molecule has 0 aliphatic carbocycles. The predicted octanol–water partition coefficient (Wildman–Crippen LogP) is 2.71. The lowest BCUT2D eigenvalue weighted by atomic mass is 10.2. The number of nitrogen functional groups attached to an aromatic ring is 1. The summed E-state index contributed by atoms with van der Waals surface area (Å²) in [6, 6.07) is 8.57. The second-order valence-corrected chi connectivity index (χ2v) is 6.48. The molecule has 2 aromatic carbocycles. The average Bonchev–Trinajstić information content (AvgIpc) is 2.43. The molecule has 2 rings (SSSR count). The summed E-state index contributed by atoms with van der Waals surface area (Å²) >= 11 is 5.69. The molecule has 112 valence electrons. The van der Waals surface area contributed by atoms with Gasteiger partial charge in [-0.15, -0.1) is 0 Å². The van der Waals surface area contributed by atoms with E-state index in [0.717, 1.165) is 0 Å². The summed E-state index contributed by atoms with van der Waals surface area (Å²) in [5, 5.41) is 2.95. The molecule has 0 atom stereocenters. The van der Waals surface area contributed by atoms with E-state index in [0.29, 0.717) is 11.4 Å². The highest BCUT2D eigenvalue weighted by molar-refractivity contribution is 7.89. The van der Waals surface area contributed by atoms with Crippen LogP contribution in [0, 0.1) is 5.82 Å². The largest absolute Gasteiger partial charge is 0.398 e. The Morgan fingerprint density at radius 2 is 1.76 bits per heavy atom. The summed E-state index contributed by atoms with van der Waals surface area (Å²) in [7, 11) is -2.30. The van der Waals surface area contributed by atoms with E-state index in [2.05, 4.69) is 10.0 Å². The van der Waals surface area contributed by atoms with Crippen LogP contribution in [-0.2, 0) is 10.0 Å². The van der Waals surface area contributed by atoms with Gasteiger partial charge in [0.05, 0.1) is 10.7 Å². The monoisotopic (exact) mass is 329 g/mol. The molecule has 2 aromatic rings. The van der Waals surface area contributed by atoms with Crippen LogP contribution in [0.2, 0.25) is 5.02 Å². The van der Waals surface area contributed by atoms with Crippen LogP contribution in [0.5, 0.6) is 0 Å². The van der Waals surface area contributed by atoms with Crippen LogP contribution in [-0.4, -0.2) is 15.5 Å². The Labute approximate surface area is 127 Å². The lowest BCUT2D eigenvalue weighted by Crippen LogP contribution is -2.19. The Balaban J connectivity index is 2.30. The van der Waals surface area contributed by atoms with Gasteiger partial charge in [-0.2, -0.15) is 0 Å². The van der Waals surface area contributed by atoms with Crippen molar-refractivity contribution in [3.8, 4) is 0 Å². The van der Waals surface area contributed by atoms with Crippen LogP contribution >= 0.6 is 11.6 Å². The van der Waals surface area contributed by atoms with E-state index in [4.69, 9.17) is 17.3 Å². The van der Waals surface area contributed by atoms with E-state index in [9.17, 15) is 12.8 Å². The van der Waals surface area contributed by atoms with Crippen molar-refractivity contribution in [1.29, 1.82) is 0 Å². The van der Waals surface area contributed by atoms with E-state index in [1.54, 1.807) is 6.07 Å². The molecule has 0 spiro atoms. The summed E-state index contributed by atoms with van der Waals surface area (Å²) in [5.74, 6) is -0.516. The first-order valence-electron chi connectivity index (χ1n) is 5.88. The van der Waals surface area contributed by atoms with Crippen LogP contribution in [0.15, 0.2) is 41.3 Å². The minimum atomic E-state index is -3.60. The lowest BCUT2D eigenvalue weighted by molar-refractivity contribution is 0.588. The average molecular weight is 330 g/mol. The van der Waals surface area contributed by atoms with Gasteiger partial charge in [-0.1, -0.05) is 11.6 Å². The molecule has 0 radical (unpaired) electrons. The van der Waals surface area contributed by atoms with Crippen molar-refractivity contribution in [3.05, 3.63) is 47.2 Å². The summed E-state index contributed by atoms with van der Waals surface area (Å²) < 4.78 is 38.7. The first-order valence-corrected chi connectivity index (χ1v) is 7.75. The zero-order chi connectivity index (χ0) is 15.6. The van der Waals surface area contributed by atoms with Gasteiger partial charge in [0.25, 0.3) is 0 Å². The third kappa shape index (κ3) is 3.44. The molecule has 0 bridgehead atoms. The van der Waals surface area contributed by atoms with E-state index in [-0.39, 0.29) is 15.6 Å². The van der Waals surface area contributed by atoms with Gasteiger partial charge in [0.1, 0.15) is 10.7 Å². The van der Waals surface area contributed by atoms with Crippen molar-refractivity contribution in [3.63, 3.8) is 0 Å². The number of anilines is 3. The predicted molar refractivity (Wildman–Crippen MR) is 81.8 cm³/mol. The number of sulfonamides is 1. The zero-order valence-corrected chi connectivity index (χ0v) is 12.6. The summed E-state index contributed by atoms with van der Waals surface area (Å²) in [5.41, 5.74) is 6.97. The number of nitrogens with one attached hydrogen (secondary N) is 2. The van der Waals surface area contributed by atoms with E-state index in [1.165, 1.54) is 37.4 Å². The van der Waals surface area contributed by atoms with Crippen LogP contribution in [0.25, 0.3) is 0 Å². The van der Waals surface area contributed by atoms with Crippen molar-refractivity contribution in [2.75, 3.05) is 18.1 Å². The molecule has 0 aliphatic heterocycles. The van der Waals surface area contributed by atoms with Crippen molar-refractivity contribution < 1.29 is 12.8 Å². The van der Waals surface area contributed by atoms with E-state index >= 15 is 0 Å². The molecule has 0 aliphatic rings. The normalized spacial score (nSPS) is 11.4. The fraction of sp³-hybridized carbons (Fsp3) is 0.0769. The molecule has 8 heteroatoms. The first-order chi connectivity index (χ1) is 9.83. The summed E-state index contributed by atoms with van der Waals surface area (Å²) in [6.07, 6.45) is 0. The maximum Gasteiger partial charge on any atom is 0.242 e. The standard InChI is InChI=1S/C13H13ClFN3O2S/c1-17-21(19,20)13-5-3-9(7-12(13)16)18-8-2-4-11(15)10(14)6-8/h2-7,17-18H,16H2,1H3. The Kier molecular flexibility index (Phi) is 4.36. The van der Waals surface area contributed by atoms with Crippen molar-refractivity contribution in [2.45, 2.75) is 4.90 Å². The molecule has 0 fully saturated rings. The van der Waals surface area contributed by atoms with Gasteiger partial charge in [-0.25, -0.2) is 17.5 Å². The maximum atomic E-state index is 13.1. The topological polar surface area (TPSA) is 84.2 Å². The quantitative estimate of drug-likeness (QED) is 0.753. The molecular weight excluding hydrogens is 317 g/mol. The van der Waals surface area contributed by atoms with Gasteiger partial charge in [0, 0.05) is 11.4 Å². The lowest BCUT2D eigenvalue weighted by Gasteiger charge is -2.11. The highest BCUT2D eigenvalue weighted by Gasteiger charge is 2.15. The molecule has 5 nitrogen and oxygen atoms in total. The van der Waals surface area contributed by atoms with E-state index in [1.807, 2.05) is 0 Å². The van der Waals surface area contributed by atoms with Crippen molar-refractivity contribution >= 4 is 38.7 Å². The van der Waals surface area contributed by atoms with Gasteiger partial charge >= 0.3 is 0 Å². The Bertz CT molecular complexity index is 781. The number of hydrogen-bond acceptors (Lipinski definition) is 4. The second kappa shape index (κ2) is 5.88. The number of hydrogen-bond donors (Lipinski definition) is 3.